The third-order valence-corrected chi connectivity index (χ3v) is 5.67. The van der Waals surface area contributed by atoms with Gasteiger partial charge in [-0.25, -0.2) is 4.98 Å². The first-order valence-corrected chi connectivity index (χ1v) is 10.8. The first-order valence-electron chi connectivity index (χ1n) is 9.96. The van der Waals surface area contributed by atoms with E-state index in [0.29, 0.717) is 12.3 Å². The number of rotatable bonds is 8. The molecule has 4 nitrogen and oxygen atoms in total. The Kier molecular flexibility index (Phi) is 7.18. The number of thiazole rings is 1. The minimum atomic E-state index is -0.0339. The van der Waals surface area contributed by atoms with Gasteiger partial charge in [0.15, 0.2) is 0 Å². The molecule has 0 saturated heterocycles. The van der Waals surface area contributed by atoms with Gasteiger partial charge in [-0.15, -0.1) is 11.3 Å². The number of hydrogen-bond acceptors (Lipinski definition) is 4. The predicted octanol–water partition coefficient (Wildman–Crippen LogP) is 5.39. The van der Waals surface area contributed by atoms with Gasteiger partial charge in [-0.1, -0.05) is 55.8 Å². The van der Waals surface area contributed by atoms with Gasteiger partial charge in [0.2, 0.25) is 5.91 Å². The normalized spacial score (nSPS) is 11.2. The third kappa shape index (κ3) is 6.51. The van der Waals surface area contributed by atoms with Crippen LogP contribution in [-0.4, -0.2) is 22.8 Å². The molecule has 0 aliphatic carbocycles. The molecule has 152 valence electrons. The average molecular weight is 408 g/mol. The van der Waals surface area contributed by atoms with Gasteiger partial charge in [-0.2, -0.15) is 0 Å². The Balaban J connectivity index is 1.50. The summed E-state index contributed by atoms with van der Waals surface area (Å²) in [5.41, 5.74) is 5.66. The fourth-order valence-corrected chi connectivity index (χ4v) is 3.92. The molecule has 0 fully saturated rings. The van der Waals surface area contributed by atoms with Gasteiger partial charge in [0, 0.05) is 24.2 Å². The Morgan fingerprint density at radius 3 is 2.41 bits per heavy atom. The Hall–Kier alpha value is -2.50. The molecule has 0 saturated carbocycles. The quantitative estimate of drug-likeness (QED) is 0.545. The number of aromatic nitrogens is 1. The Labute approximate surface area is 177 Å². The molecule has 2 aromatic carbocycles. The van der Waals surface area contributed by atoms with E-state index in [2.05, 4.69) is 60.4 Å². The molecule has 3 rings (SSSR count). The average Bonchev–Trinajstić information content (AvgIpc) is 3.10. The summed E-state index contributed by atoms with van der Waals surface area (Å²) in [4.78, 5) is 19.1. The van der Waals surface area contributed by atoms with Gasteiger partial charge in [-0.05, 0) is 43.1 Å². The highest BCUT2D eigenvalue weighted by Crippen LogP contribution is 2.17. The van der Waals surface area contributed by atoms with E-state index in [4.69, 9.17) is 0 Å². The molecular formula is C24H29N3OS. The van der Waals surface area contributed by atoms with E-state index in [9.17, 15) is 4.79 Å². The molecule has 0 spiro atoms. The third-order valence-electron chi connectivity index (χ3n) is 4.78. The number of nitrogens with one attached hydrogen (secondary N) is 1. The summed E-state index contributed by atoms with van der Waals surface area (Å²) >= 11 is 1.55. The first-order chi connectivity index (χ1) is 13.9. The second kappa shape index (κ2) is 9.81. The molecule has 0 atom stereocenters. The summed E-state index contributed by atoms with van der Waals surface area (Å²) in [7, 11) is 2.10. The SMILES string of the molecule is Cc1ccc(NC(=O)Cc2nc(CN(C)Cc3ccc(C(C)C)cc3)cs2)cc1. The molecule has 0 unspecified atom stereocenters. The fourth-order valence-electron chi connectivity index (χ4n) is 3.13. The lowest BCUT2D eigenvalue weighted by atomic mass is 10.0. The second-order valence-electron chi connectivity index (χ2n) is 7.89. The number of aryl methyl sites for hydroxylation is 1. The molecule has 1 N–H and O–H groups in total. The number of carbonyl (C=O) groups is 1. The molecule has 29 heavy (non-hydrogen) atoms. The molecule has 0 radical (unpaired) electrons. The molecule has 1 heterocycles. The molecule has 0 aliphatic rings. The summed E-state index contributed by atoms with van der Waals surface area (Å²) in [6.07, 6.45) is 0.304. The van der Waals surface area contributed by atoms with Crippen LogP contribution in [0.3, 0.4) is 0 Å². The Morgan fingerprint density at radius 1 is 1.07 bits per heavy atom. The van der Waals surface area contributed by atoms with Crippen molar-refractivity contribution in [1.82, 2.24) is 9.88 Å². The van der Waals surface area contributed by atoms with E-state index in [-0.39, 0.29) is 5.91 Å². The summed E-state index contributed by atoms with van der Waals surface area (Å²) in [6, 6.07) is 16.6. The van der Waals surface area contributed by atoms with Crippen molar-refractivity contribution in [2.75, 3.05) is 12.4 Å². The van der Waals surface area contributed by atoms with Gasteiger partial charge in [0.1, 0.15) is 5.01 Å². The first kappa shape index (κ1) is 21.2. The minimum absolute atomic E-state index is 0.0339. The van der Waals surface area contributed by atoms with Crippen molar-refractivity contribution in [2.24, 2.45) is 0 Å². The lowest BCUT2D eigenvalue weighted by Gasteiger charge is -2.16. The van der Waals surface area contributed by atoms with Crippen molar-refractivity contribution in [3.05, 3.63) is 81.3 Å². The largest absolute Gasteiger partial charge is 0.326 e. The molecule has 0 aliphatic heterocycles. The highest BCUT2D eigenvalue weighted by molar-refractivity contribution is 7.09. The molecular weight excluding hydrogens is 378 g/mol. The van der Waals surface area contributed by atoms with E-state index < -0.39 is 0 Å². The standard InChI is InChI=1S/C24H29N3OS/c1-17(2)20-9-7-19(8-10-20)14-27(4)15-22-16-29-24(26-22)13-23(28)25-21-11-5-18(3)6-12-21/h5-12,16-17H,13-15H2,1-4H3,(H,25,28). The number of anilines is 1. The number of hydrogen-bond donors (Lipinski definition) is 1. The van der Waals surface area contributed by atoms with Crippen LogP contribution in [0.4, 0.5) is 5.69 Å². The zero-order chi connectivity index (χ0) is 20.8. The van der Waals surface area contributed by atoms with Crippen LogP contribution in [0.25, 0.3) is 0 Å². The van der Waals surface area contributed by atoms with Crippen molar-refractivity contribution in [2.45, 2.75) is 46.2 Å². The van der Waals surface area contributed by atoms with Crippen LogP contribution in [0.1, 0.15) is 47.2 Å². The zero-order valence-electron chi connectivity index (χ0n) is 17.6. The van der Waals surface area contributed by atoms with Crippen LogP contribution >= 0.6 is 11.3 Å². The molecule has 0 bridgehead atoms. The maximum Gasteiger partial charge on any atom is 0.231 e. The van der Waals surface area contributed by atoms with Crippen LogP contribution in [0.2, 0.25) is 0 Å². The van der Waals surface area contributed by atoms with E-state index in [0.717, 1.165) is 29.5 Å². The maximum atomic E-state index is 12.3. The Bertz CT molecular complexity index is 930. The number of carbonyl (C=O) groups excluding carboxylic acids is 1. The van der Waals surface area contributed by atoms with E-state index in [1.807, 2.05) is 36.6 Å². The fraction of sp³-hybridized carbons (Fsp3) is 0.333. The van der Waals surface area contributed by atoms with Gasteiger partial charge < -0.3 is 5.32 Å². The Morgan fingerprint density at radius 2 is 1.76 bits per heavy atom. The molecule has 1 amide bonds. The zero-order valence-corrected chi connectivity index (χ0v) is 18.4. The summed E-state index contributed by atoms with van der Waals surface area (Å²) < 4.78 is 0. The number of benzene rings is 2. The summed E-state index contributed by atoms with van der Waals surface area (Å²) in [5.74, 6) is 0.520. The second-order valence-corrected chi connectivity index (χ2v) is 8.83. The van der Waals surface area contributed by atoms with Crippen LogP contribution in [0.5, 0.6) is 0 Å². The topological polar surface area (TPSA) is 45.2 Å². The van der Waals surface area contributed by atoms with Crippen LogP contribution < -0.4 is 5.32 Å². The highest BCUT2D eigenvalue weighted by Gasteiger charge is 2.10. The van der Waals surface area contributed by atoms with Crippen molar-refractivity contribution in [1.29, 1.82) is 0 Å². The minimum Gasteiger partial charge on any atom is -0.326 e. The van der Waals surface area contributed by atoms with E-state index >= 15 is 0 Å². The van der Waals surface area contributed by atoms with Crippen molar-refractivity contribution in [3.63, 3.8) is 0 Å². The molecule has 5 heteroatoms. The molecule has 3 aromatic rings. The van der Waals surface area contributed by atoms with E-state index in [1.54, 1.807) is 11.3 Å². The monoisotopic (exact) mass is 407 g/mol. The van der Waals surface area contributed by atoms with Crippen LogP contribution in [0.15, 0.2) is 53.9 Å². The van der Waals surface area contributed by atoms with Crippen LogP contribution in [-0.2, 0) is 24.3 Å². The number of amides is 1. The smallest absolute Gasteiger partial charge is 0.231 e. The maximum absolute atomic E-state index is 12.3. The predicted molar refractivity (Wildman–Crippen MR) is 121 cm³/mol. The lowest BCUT2D eigenvalue weighted by molar-refractivity contribution is -0.115. The molecule has 1 aromatic heterocycles. The number of nitrogens with zero attached hydrogens (tertiary/aromatic N) is 2. The summed E-state index contributed by atoms with van der Waals surface area (Å²) in [6.45, 7) is 8.09. The van der Waals surface area contributed by atoms with Gasteiger partial charge in [0.25, 0.3) is 0 Å². The van der Waals surface area contributed by atoms with E-state index in [1.165, 1.54) is 16.7 Å². The van der Waals surface area contributed by atoms with Crippen molar-refractivity contribution in [3.8, 4) is 0 Å². The lowest BCUT2D eigenvalue weighted by Crippen LogP contribution is -2.18. The van der Waals surface area contributed by atoms with Gasteiger partial charge in [0.05, 0.1) is 12.1 Å². The van der Waals surface area contributed by atoms with Crippen molar-refractivity contribution >= 4 is 22.9 Å². The van der Waals surface area contributed by atoms with Gasteiger partial charge >= 0.3 is 0 Å². The van der Waals surface area contributed by atoms with Crippen molar-refractivity contribution < 1.29 is 4.79 Å². The van der Waals surface area contributed by atoms with Gasteiger partial charge in [-0.3, -0.25) is 9.69 Å². The van der Waals surface area contributed by atoms with Crippen LogP contribution in [0, 0.1) is 6.92 Å². The highest BCUT2D eigenvalue weighted by atomic mass is 32.1. The summed E-state index contributed by atoms with van der Waals surface area (Å²) in [5, 5.41) is 5.83.